The summed E-state index contributed by atoms with van der Waals surface area (Å²) < 4.78 is 0. The predicted octanol–water partition coefficient (Wildman–Crippen LogP) is 3.61. The Morgan fingerprint density at radius 3 is 2.27 bits per heavy atom. The van der Waals surface area contributed by atoms with E-state index in [1.54, 1.807) is 48.5 Å². The highest BCUT2D eigenvalue weighted by atomic mass is 35.5. The summed E-state index contributed by atoms with van der Waals surface area (Å²) in [6.45, 7) is 0. The Morgan fingerprint density at radius 2 is 1.68 bits per heavy atom. The van der Waals surface area contributed by atoms with Crippen molar-refractivity contribution in [3.63, 3.8) is 0 Å². The highest BCUT2D eigenvalue weighted by Crippen LogP contribution is 2.18. The van der Waals surface area contributed by atoms with E-state index < -0.39 is 11.9 Å². The number of carboxylic acid groups (broad SMARTS) is 1. The number of carbonyl (C=O) groups is 2. The first-order valence-electron chi connectivity index (χ1n) is 6.87. The van der Waals surface area contributed by atoms with E-state index in [1.165, 1.54) is 0 Å². The minimum absolute atomic E-state index is 0.221. The van der Waals surface area contributed by atoms with Crippen molar-refractivity contribution in [1.82, 2.24) is 0 Å². The molecule has 0 heterocycles. The molecule has 0 aromatic heterocycles. The molecule has 0 radical (unpaired) electrons. The molecule has 0 spiro atoms. The smallest absolute Gasteiger partial charge is 0.304 e. The van der Waals surface area contributed by atoms with Gasteiger partial charge in [-0.15, -0.1) is 0 Å². The number of halogens is 1. The van der Waals surface area contributed by atoms with Crippen LogP contribution in [0.1, 0.15) is 12.0 Å². The van der Waals surface area contributed by atoms with Crippen molar-refractivity contribution >= 4 is 29.2 Å². The van der Waals surface area contributed by atoms with Gasteiger partial charge in [0.15, 0.2) is 0 Å². The third kappa shape index (κ3) is 4.90. The molecule has 22 heavy (non-hydrogen) atoms. The van der Waals surface area contributed by atoms with Crippen LogP contribution >= 0.6 is 11.6 Å². The van der Waals surface area contributed by atoms with Crippen molar-refractivity contribution in [3.05, 3.63) is 65.2 Å². The third-order valence-electron chi connectivity index (χ3n) is 3.23. The molecule has 4 nitrogen and oxygen atoms in total. The van der Waals surface area contributed by atoms with Crippen molar-refractivity contribution in [2.24, 2.45) is 5.92 Å². The van der Waals surface area contributed by atoms with E-state index in [-0.39, 0.29) is 12.3 Å². The fourth-order valence-electron chi connectivity index (χ4n) is 2.14. The van der Waals surface area contributed by atoms with Gasteiger partial charge in [-0.25, -0.2) is 0 Å². The maximum Gasteiger partial charge on any atom is 0.304 e. The van der Waals surface area contributed by atoms with Crippen LogP contribution in [0.25, 0.3) is 0 Å². The van der Waals surface area contributed by atoms with Gasteiger partial charge in [0, 0.05) is 10.7 Å². The first kappa shape index (κ1) is 16.0. The zero-order valence-corrected chi connectivity index (χ0v) is 12.6. The van der Waals surface area contributed by atoms with Crippen LogP contribution in [0.15, 0.2) is 54.6 Å². The van der Waals surface area contributed by atoms with Crippen molar-refractivity contribution in [2.45, 2.75) is 12.8 Å². The number of amides is 1. The number of benzene rings is 2. The predicted molar refractivity (Wildman–Crippen MR) is 86.0 cm³/mol. The zero-order valence-electron chi connectivity index (χ0n) is 11.8. The Labute approximate surface area is 133 Å². The first-order valence-corrected chi connectivity index (χ1v) is 7.24. The van der Waals surface area contributed by atoms with E-state index in [1.807, 2.05) is 6.07 Å². The van der Waals surface area contributed by atoms with Gasteiger partial charge in [0.05, 0.1) is 12.3 Å². The summed E-state index contributed by atoms with van der Waals surface area (Å²) in [5.41, 5.74) is 1.53. The second kappa shape index (κ2) is 7.61. The molecule has 0 fully saturated rings. The molecule has 2 rings (SSSR count). The molecule has 2 N–H and O–H groups in total. The Hall–Kier alpha value is -2.33. The summed E-state index contributed by atoms with van der Waals surface area (Å²) in [5, 5.41) is 12.4. The van der Waals surface area contributed by atoms with Crippen molar-refractivity contribution in [3.8, 4) is 0 Å². The van der Waals surface area contributed by atoms with Crippen LogP contribution in [0.5, 0.6) is 0 Å². The molecule has 0 saturated heterocycles. The number of hydrogen-bond donors (Lipinski definition) is 2. The molecule has 2 aromatic rings. The fourth-order valence-corrected chi connectivity index (χ4v) is 2.27. The molecular weight excluding hydrogens is 302 g/mol. The van der Waals surface area contributed by atoms with E-state index in [4.69, 9.17) is 16.7 Å². The Morgan fingerprint density at radius 1 is 1.05 bits per heavy atom. The van der Waals surface area contributed by atoms with Gasteiger partial charge >= 0.3 is 5.97 Å². The van der Waals surface area contributed by atoms with Crippen LogP contribution in [-0.2, 0) is 16.0 Å². The largest absolute Gasteiger partial charge is 0.481 e. The van der Waals surface area contributed by atoms with Crippen LogP contribution in [0.2, 0.25) is 5.02 Å². The van der Waals surface area contributed by atoms with E-state index in [2.05, 4.69) is 5.32 Å². The average Bonchev–Trinajstić information content (AvgIpc) is 2.49. The summed E-state index contributed by atoms with van der Waals surface area (Å²) in [7, 11) is 0. The highest BCUT2D eigenvalue weighted by Gasteiger charge is 2.22. The van der Waals surface area contributed by atoms with Gasteiger partial charge < -0.3 is 10.4 Å². The normalized spacial score (nSPS) is 11.7. The molecule has 0 aliphatic carbocycles. The lowest BCUT2D eigenvalue weighted by molar-refractivity contribution is -0.140. The van der Waals surface area contributed by atoms with Crippen molar-refractivity contribution < 1.29 is 14.7 Å². The van der Waals surface area contributed by atoms with Gasteiger partial charge in [0.1, 0.15) is 0 Å². The summed E-state index contributed by atoms with van der Waals surface area (Å²) >= 11 is 5.83. The molecule has 5 heteroatoms. The number of carboxylic acids is 1. The second-order valence-corrected chi connectivity index (χ2v) is 5.42. The lowest BCUT2D eigenvalue weighted by Gasteiger charge is -2.15. The lowest BCUT2D eigenvalue weighted by atomic mass is 9.95. The number of carbonyl (C=O) groups excluding carboxylic acids is 1. The van der Waals surface area contributed by atoms with Crippen LogP contribution < -0.4 is 5.32 Å². The summed E-state index contributed by atoms with van der Waals surface area (Å²) in [6.07, 6.45) is 0.128. The molecule has 114 valence electrons. The Kier molecular flexibility index (Phi) is 5.55. The first-order chi connectivity index (χ1) is 10.5. The monoisotopic (exact) mass is 317 g/mol. The van der Waals surface area contributed by atoms with E-state index in [0.717, 1.165) is 5.56 Å². The maximum atomic E-state index is 12.3. The number of aliphatic carboxylic acids is 1. The third-order valence-corrected chi connectivity index (χ3v) is 3.48. The van der Waals surface area contributed by atoms with Crippen LogP contribution in [0.4, 0.5) is 5.69 Å². The van der Waals surface area contributed by atoms with E-state index in [0.29, 0.717) is 17.1 Å². The molecule has 0 saturated carbocycles. The van der Waals surface area contributed by atoms with Gasteiger partial charge in [-0.3, -0.25) is 9.59 Å². The minimum atomic E-state index is -0.998. The zero-order chi connectivity index (χ0) is 15.9. The fraction of sp³-hybridized carbons (Fsp3) is 0.176. The Bertz CT molecular complexity index is 641. The quantitative estimate of drug-likeness (QED) is 0.855. The lowest BCUT2D eigenvalue weighted by Crippen LogP contribution is -2.27. The second-order valence-electron chi connectivity index (χ2n) is 4.98. The molecule has 0 unspecified atom stereocenters. The molecule has 1 atom stereocenters. The molecule has 0 aliphatic rings. The van der Waals surface area contributed by atoms with Gasteiger partial charge in [-0.1, -0.05) is 41.9 Å². The van der Waals surface area contributed by atoms with Crippen LogP contribution in [-0.4, -0.2) is 17.0 Å². The summed E-state index contributed by atoms with van der Waals surface area (Å²) in [6, 6.07) is 16.0. The molecular formula is C17H16ClNO3. The van der Waals surface area contributed by atoms with Gasteiger partial charge in [-0.05, 0) is 36.2 Å². The minimum Gasteiger partial charge on any atom is -0.481 e. The van der Waals surface area contributed by atoms with Gasteiger partial charge in [0.25, 0.3) is 0 Å². The van der Waals surface area contributed by atoms with Crippen molar-refractivity contribution in [1.29, 1.82) is 0 Å². The molecule has 1 amide bonds. The maximum absolute atomic E-state index is 12.3. The van der Waals surface area contributed by atoms with Gasteiger partial charge in [0.2, 0.25) is 5.91 Å². The van der Waals surface area contributed by atoms with Gasteiger partial charge in [-0.2, -0.15) is 0 Å². The number of anilines is 1. The topological polar surface area (TPSA) is 66.4 Å². The molecule has 2 aromatic carbocycles. The van der Waals surface area contributed by atoms with E-state index in [9.17, 15) is 9.59 Å². The van der Waals surface area contributed by atoms with Crippen molar-refractivity contribution in [2.75, 3.05) is 5.32 Å². The molecule has 0 aliphatic heterocycles. The standard InChI is InChI=1S/C17H16ClNO3/c18-14-8-6-12(7-9-14)10-13(11-16(20)21)17(22)19-15-4-2-1-3-5-15/h1-9,13H,10-11H2,(H,19,22)(H,20,21)/t13-/m0/s1. The molecule has 0 bridgehead atoms. The van der Waals surface area contributed by atoms with Crippen LogP contribution in [0, 0.1) is 5.92 Å². The number of hydrogen-bond acceptors (Lipinski definition) is 2. The van der Waals surface area contributed by atoms with E-state index >= 15 is 0 Å². The number of para-hydroxylation sites is 1. The summed E-state index contributed by atoms with van der Waals surface area (Å²) in [4.78, 5) is 23.3. The number of rotatable bonds is 6. The van der Waals surface area contributed by atoms with Crippen LogP contribution in [0.3, 0.4) is 0 Å². The number of nitrogens with one attached hydrogen (secondary N) is 1. The summed E-state index contributed by atoms with van der Waals surface area (Å²) in [5.74, 6) is -1.94. The highest BCUT2D eigenvalue weighted by molar-refractivity contribution is 6.30. The Balaban J connectivity index is 2.09. The average molecular weight is 318 g/mol. The SMILES string of the molecule is O=C(O)C[C@H](Cc1ccc(Cl)cc1)C(=O)Nc1ccccc1.